The van der Waals surface area contributed by atoms with Crippen LogP contribution in [0, 0.1) is 102 Å². The minimum Gasteiger partial charge on any atom is -0.477 e. The number of terminal acetylenes is 1. The van der Waals surface area contributed by atoms with Gasteiger partial charge in [-0.25, -0.2) is 0 Å². The normalized spacial score (nSPS) is 12.4. The fourth-order valence-electron chi connectivity index (χ4n) is 6.79. The van der Waals surface area contributed by atoms with Gasteiger partial charge in [0.1, 0.15) is 24.9 Å². The Morgan fingerprint density at radius 1 is 0.667 bits per heavy atom. The molecule has 6 heteroatoms. The smallest absolute Gasteiger partial charge is 0.184 e. The number of fused-ring (bicyclic) bond motifs is 9. The van der Waals surface area contributed by atoms with E-state index in [1.807, 2.05) is 48.7 Å². The van der Waals surface area contributed by atoms with Crippen molar-refractivity contribution < 1.29 is 40.0 Å². The molecule has 0 radical (unpaired) electrons. The van der Waals surface area contributed by atoms with Gasteiger partial charge in [0, 0.05) is 50.4 Å². The third-order valence-corrected chi connectivity index (χ3v) is 8.62. The molecular weight excluding hydrogens is 850 g/mol. The second kappa shape index (κ2) is 16.3. The largest absolute Gasteiger partial charge is 0.477 e. The minimum atomic E-state index is -0.930. The zero-order valence-corrected chi connectivity index (χ0v) is 31.4. The molecule has 2 aliphatic rings. The molecule has 4 aromatic carbocycles. The van der Waals surface area contributed by atoms with Crippen molar-refractivity contribution in [1.29, 1.82) is 0 Å². The van der Waals surface area contributed by atoms with Crippen LogP contribution in [0.15, 0.2) is 72.9 Å². The van der Waals surface area contributed by atoms with Crippen LogP contribution in [0.1, 0.15) is 43.0 Å². The maximum absolute atomic E-state index is 6.25. The van der Waals surface area contributed by atoms with E-state index in [0.717, 1.165) is 55.4 Å². The van der Waals surface area contributed by atoms with Gasteiger partial charge >= 0.3 is 0 Å². The van der Waals surface area contributed by atoms with Crippen LogP contribution in [0.25, 0.3) is 33.2 Å². The van der Waals surface area contributed by atoms with Crippen molar-refractivity contribution in [3.8, 4) is 141 Å². The summed E-state index contributed by atoms with van der Waals surface area (Å²) in [6.45, 7) is 5.12. The van der Waals surface area contributed by atoms with Gasteiger partial charge in [0.05, 0.1) is 0 Å². The number of ether oxygens (including phenoxy) is 4. The first kappa shape index (κ1) is 36.4. The SMILES string of the molecule is C#CC#CCOc1cc2c(cc1OC#CC#CC)-c1cc(OC#CC#CC)c(OC#CC#CC)cc1C21c2ccc[c-]c2-c2nccc3cccc1c23.[Pt]. The third-order valence-electron chi connectivity index (χ3n) is 8.62. The Balaban J connectivity index is 0.00000497. The molecule has 0 fully saturated rings. The van der Waals surface area contributed by atoms with Gasteiger partial charge in [-0.3, -0.25) is 0 Å². The van der Waals surface area contributed by atoms with Gasteiger partial charge in [-0.05, 0) is 131 Å². The van der Waals surface area contributed by atoms with Gasteiger partial charge in [-0.15, -0.1) is 41.8 Å². The van der Waals surface area contributed by atoms with Gasteiger partial charge < -0.3 is 23.9 Å². The average molecular weight is 874 g/mol. The Kier molecular flexibility index (Phi) is 11.0. The Hall–Kier alpha value is -7.34. The summed E-state index contributed by atoms with van der Waals surface area (Å²) in [5.41, 5.74) is 6.21. The standard InChI is InChI=1S/C48H24NO4.Pt/c1-5-9-15-26-50-42-30-36-37-31-43(51-27-16-10-6-2)45(53-29-18-12-8-4)33-41(37)48(40(36)32-44(42)52-28-17-11-7-3)38-22-14-13-21-35(38)47-46-34(24-25-49-47)20-19-23-39(46)48;/h3,13-14,19-20,22-25,30-33H,28H2,1-2,4H3;/q-1;. The molecule has 5 aromatic rings. The van der Waals surface area contributed by atoms with Crippen molar-refractivity contribution in [2.45, 2.75) is 26.2 Å². The summed E-state index contributed by atoms with van der Waals surface area (Å²) in [5.74, 6) is 33.7. The molecule has 7 rings (SSSR count). The van der Waals surface area contributed by atoms with Crippen LogP contribution in [0.2, 0.25) is 0 Å². The van der Waals surface area contributed by atoms with Crippen molar-refractivity contribution in [1.82, 2.24) is 4.98 Å². The van der Waals surface area contributed by atoms with Gasteiger partial charge in [-0.2, -0.15) is 0 Å². The number of hydrogen-bond acceptors (Lipinski definition) is 5. The molecule has 256 valence electrons. The maximum atomic E-state index is 6.25. The predicted octanol–water partition coefficient (Wildman–Crippen LogP) is 7.48. The molecule has 54 heavy (non-hydrogen) atoms. The predicted molar refractivity (Wildman–Crippen MR) is 205 cm³/mol. The number of aromatic nitrogens is 1. The number of pyridine rings is 1. The van der Waals surface area contributed by atoms with E-state index in [1.54, 1.807) is 20.8 Å². The molecular formula is C48H24NO4Pt-. The first-order valence-corrected chi connectivity index (χ1v) is 16.3. The number of hydrogen-bond donors (Lipinski definition) is 0. The first-order valence-electron chi connectivity index (χ1n) is 16.3. The number of nitrogens with zero attached hydrogens (tertiary/aromatic N) is 1. The monoisotopic (exact) mass is 873 g/mol. The Labute approximate surface area is 329 Å². The Bertz CT molecular complexity index is 2870. The minimum absolute atomic E-state index is 0. The van der Waals surface area contributed by atoms with Crippen LogP contribution in [0.3, 0.4) is 0 Å². The van der Waals surface area contributed by atoms with Gasteiger partial charge in [-0.1, -0.05) is 36.0 Å². The first-order chi connectivity index (χ1) is 26.2. The molecule has 0 saturated carbocycles. The molecule has 1 spiro atoms. The van der Waals surface area contributed by atoms with Crippen molar-refractivity contribution >= 4 is 10.8 Å². The van der Waals surface area contributed by atoms with Gasteiger partial charge in [0.25, 0.3) is 0 Å². The van der Waals surface area contributed by atoms with Crippen LogP contribution >= 0.6 is 0 Å². The quantitative estimate of drug-likeness (QED) is 0.133. The number of benzene rings is 4. The van der Waals surface area contributed by atoms with E-state index in [1.165, 1.54) is 0 Å². The van der Waals surface area contributed by atoms with E-state index in [9.17, 15) is 0 Å². The third kappa shape index (κ3) is 6.36. The van der Waals surface area contributed by atoms with Crippen LogP contribution in [-0.4, -0.2) is 11.6 Å². The van der Waals surface area contributed by atoms with Gasteiger partial charge in [0.15, 0.2) is 23.0 Å². The molecule has 1 aromatic heterocycles. The van der Waals surface area contributed by atoms with Crippen molar-refractivity contribution in [3.63, 3.8) is 0 Å². The fourth-order valence-corrected chi connectivity index (χ4v) is 6.79. The van der Waals surface area contributed by atoms with E-state index < -0.39 is 5.41 Å². The Morgan fingerprint density at radius 3 is 1.89 bits per heavy atom. The van der Waals surface area contributed by atoms with E-state index in [2.05, 4.69) is 120 Å². The van der Waals surface area contributed by atoms with Crippen molar-refractivity contribution in [2.24, 2.45) is 0 Å². The molecule has 1 heterocycles. The molecule has 5 nitrogen and oxygen atoms in total. The topological polar surface area (TPSA) is 49.8 Å². The maximum Gasteiger partial charge on any atom is 0.184 e. The van der Waals surface area contributed by atoms with Crippen LogP contribution in [0.5, 0.6) is 23.0 Å². The number of rotatable bonds is 5. The molecule has 2 aliphatic carbocycles. The van der Waals surface area contributed by atoms with E-state index >= 15 is 0 Å². The average Bonchev–Trinajstić information content (AvgIpc) is 3.45. The van der Waals surface area contributed by atoms with Gasteiger partial charge in [0.2, 0.25) is 0 Å². The summed E-state index contributed by atoms with van der Waals surface area (Å²) in [5, 5.41) is 2.03. The summed E-state index contributed by atoms with van der Waals surface area (Å²) in [6.07, 6.45) is 15.3. The molecule has 0 amide bonds. The fraction of sp³-hybridized carbons (Fsp3) is 0.104. The second-order valence-electron chi connectivity index (χ2n) is 11.3. The van der Waals surface area contributed by atoms with E-state index in [4.69, 9.17) is 30.4 Å². The summed E-state index contributed by atoms with van der Waals surface area (Å²) in [6, 6.07) is 25.5. The van der Waals surface area contributed by atoms with E-state index in [0.29, 0.717) is 23.0 Å². The Morgan fingerprint density at radius 2 is 1.26 bits per heavy atom. The molecule has 1 atom stereocenters. The summed E-state index contributed by atoms with van der Waals surface area (Å²) < 4.78 is 24.3. The molecule has 0 aliphatic heterocycles. The van der Waals surface area contributed by atoms with Crippen molar-refractivity contribution in [2.75, 3.05) is 6.61 Å². The van der Waals surface area contributed by atoms with Crippen LogP contribution in [0.4, 0.5) is 0 Å². The zero-order chi connectivity index (χ0) is 36.6. The molecule has 0 bridgehead atoms. The molecule has 1 unspecified atom stereocenters. The summed E-state index contributed by atoms with van der Waals surface area (Å²) in [4.78, 5) is 4.89. The van der Waals surface area contributed by atoms with Crippen LogP contribution in [-0.2, 0) is 26.5 Å². The zero-order valence-electron chi connectivity index (χ0n) is 29.1. The molecule has 0 saturated heterocycles. The summed E-state index contributed by atoms with van der Waals surface area (Å²) in [7, 11) is 0. The van der Waals surface area contributed by atoms with Crippen LogP contribution < -0.4 is 18.9 Å². The summed E-state index contributed by atoms with van der Waals surface area (Å²) >= 11 is 0. The molecule has 0 N–H and O–H groups in total. The second-order valence-corrected chi connectivity index (χ2v) is 11.3. The van der Waals surface area contributed by atoms with E-state index in [-0.39, 0.29) is 27.7 Å². The van der Waals surface area contributed by atoms with Crippen molar-refractivity contribution in [3.05, 3.63) is 101 Å².